The van der Waals surface area contributed by atoms with Crippen LogP contribution in [-0.4, -0.2) is 31.3 Å². The highest BCUT2D eigenvalue weighted by Gasteiger charge is 2.27. The van der Waals surface area contributed by atoms with E-state index in [-0.39, 0.29) is 18.3 Å². The predicted molar refractivity (Wildman–Crippen MR) is 76.1 cm³/mol. The SMILES string of the molecule is CN(C)CC1CCc2ccc(Br)cc2C1=O.Cl. The van der Waals surface area contributed by atoms with Gasteiger partial charge in [-0.05, 0) is 44.6 Å². The summed E-state index contributed by atoms with van der Waals surface area (Å²) in [6.07, 6.45) is 2.00. The molecule has 4 heteroatoms. The molecule has 0 saturated carbocycles. The second-order valence-corrected chi connectivity index (χ2v) is 5.58. The van der Waals surface area contributed by atoms with Crippen LogP contribution >= 0.6 is 28.3 Å². The van der Waals surface area contributed by atoms with Gasteiger partial charge in [0.25, 0.3) is 0 Å². The third-order valence-corrected chi connectivity index (χ3v) is 3.55. The maximum absolute atomic E-state index is 12.3. The van der Waals surface area contributed by atoms with E-state index in [0.29, 0.717) is 5.78 Å². The summed E-state index contributed by atoms with van der Waals surface area (Å²) in [7, 11) is 4.04. The largest absolute Gasteiger partial charge is 0.309 e. The Bertz CT molecular complexity index is 420. The monoisotopic (exact) mass is 317 g/mol. The number of nitrogens with zero attached hydrogens (tertiary/aromatic N) is 1. The van der Waals surface area contributed by atoms with E-state index in [1.54, 1.807) is 0 Å². The number of benzene rings is 1. The summed E-state index contributed by atoms with van der Waals surface area (Å²) >= 11 is 3.43. The van der Waals surface area contributed by atoms with Crippen molar-refractivity contribution in [2.24, 2.45) is 5.92 Å². The minimum absolute atomic E-state index is 0. The zero-order valence-corrected chi connectivity index (χ0v) is 12.5. The van der Waals surface area contributed by atoms with Crippen molar-refractivity contribution in [2.75, 3.05) is 20.6 Å². The Kier molecular flexibility index (Phi) is 5.17. The summed E-state index contributed by atoms with van der Waals surface area (Å²) in [5, 5.41) is 0. The molecule has 0 radical (unpaired) electrons. The minimum atomic E-state index is 0. The second-order valence-electron chi connectivity index (χ2n) is 4.66. The quantitative estimate of drug-likeness (QED) is 0.835. The molecular formula is C13H17BrClNO. The van der Waals surface area contributed by atoms with Gasteiger partial charge >= 0.3 is 0 Å². The molecule has 1 aromatic carbocycles. The number of Topliss-reactive ketones (excluding diaryl/α,β-unsaturated/α-hetero) is 1. The summed E-state index contributed by atoms with van der Waals surface area (Å²) in [4.78, 5) is 14.3. The molecule has 1 aliphatic rings. The maximum Gasteiger partial charge on any atom is 0.167 e. The van der Waals surface area contributed by atoms with Crippen LogP contribution in [0.3, 0.4) is 0 Å². The number of carbonyl (C=O) groups excluding carboxylic acids is 1. The van der Waals surface area contributed by atoms with Gasteiger partial charge in [0.15, 0.2) is 5.78 Å². The van der Waals surface area contributed by atoms with Crippen LogP contribution in [0.4, 0.5) is 0 Å². The highest BCUT2D eigenvalue weighted by Crippen LogP contribution is 2.28. The van der Waals surface area contributed by atoms with Crippen molar-refractivity contribution in [2.45, 2.75) is 12.8 Å². The van der Waals surface area contributed by atoms with Crippen molar-refractivity contribution in [1.29, 1.82) is 0 Å². The molecule has 1 aliphatic carbocycles. The molecule has 1 unspecified atom stereocenters. The van der Waals surface area contributed by atoms with Crippen LogP contribution in [0.25, 0.3) is 0 Å². The van der Waals surface area contributed by atoms with E-state index < -0.39 is 0 Å². The number of aryl methyl sites for hydroxylation is 1. The van der Waals surface area contributed by atoms with E-state index in [1.807, 2.05) is 26.2 Å². The van der Waals surface area contributed by atoms with Gasteiger partial charge in [-0.2, -0.15) is 0 Å². The average molecular weight is 319 g/mol. The molecule has 17 heavy (non-hydrogen) atoms. The first kappa shape index (κ1) is 14.7. The molecule has 0 fully saturated rings. The Morgan fingerprint density at radius 3 is 2.76 bits per heavy atom. The van der Waals surface area contributed by atoms with Crippen LogP contribution in [0.1, 0.15) is 22.3 Å². The summed E-state index contributed by atoms with van der Waals surface area (Å²) in [6, 6.07) is 6.03. The first-order chi connectivity index (χ1) is 7.58. The van der Waals surface area contributed by atoms with Gasteiger partial charge in [-0.3, -0.25) is 4.79 Å². The molecule has 1 atom stereocenters. The lowest BCUT2D eigenvalue weighted by molar-refractivity contribution is 0.0877. The zero-order chi connectivity index (χ0) is 11.7. The molecule has 0 N–H and O–H groups in total. The highest BCUT2D eigenvalue weighted by atomic mass is 79.9. The van der Waals surface area contributed by atoms with Gasteiger partial charge in [-0.25, -0.2) is 0 Å². The Morgan fingerprint density at radius 1 is 1.41 bits per heavy atom. The number of carbonyl (C=O) groups is 1. The second kappa shape index (κ2) is 5.98. The molecule has 0 saturated heterocycles. The molecule has 0 aromatic heterocycles. The zero-order valence-electron chi connectivity index (χ0n) is 10.1. The smallest absolute Gasteiger partial charge is 0.167 e. The number of hydrogen-bond donors (Lipinski definition) is 0. The number of ketones is 1. The van der Waals surface area contributed by atoms with Crippen LogP contribution < -0.4 is 0 Å². The summed E-state index contributed by atoms with van der Waals surface area (Å²) in [5.41, 5.74) is 2.11. The van der Waals surface area contributed by atoms with Crippen molar-refractivity contribution in [3.8, 4) is 0 Å². The van der Waals surface area contributed by atoms with E-state index in [0.717, 1.165) is 29.4 Å². The first-order valence-electron chi connectivity index (χ1n) is 5.55. The van der Waals surface area contributed by atoms with Crippen molar-refractivity contribution in [3.05, 3.63) is 33.8 Å². The Balaban J connectivity index is 0.00000144. The van der Waals surface area contributed by atoms with Gasteiger partial charge in [0.2, 0.25) is 0 Å². The number of rotatable bonds is 2. The molecule has 0 amide bonds. The molecule has 2 rings (SSSR count). The standard InChI is InChI=1S/C13H16BrNO.ClH/c1-15(2)8-10-4-3-9-5-6-11(14)7-12(9)13(10)16;/h5-7,10H,3-4,8H2,1-2H3;1H. The fourth-order valence-corrected chi connectivity index (χ4v) is 2.65. The summed E-state index contributed by atoms with van der Waals surface area (Å²) in [6.45, 7) is 0.852. The number of hydrogen-bond acceptors (Lipinski definition) is 2. The normalized spacial score (nSPS) is 18.8. The predicted octanol–water partition coefficient (Wildman–Crippen LogP) is 3.18. The molecule has 0 heterocycles. The Morgan fingerprint density at radius 2 is 2.12 bits per heavy atom. The lowest BCUT2D eigenvalue weighted by Gasteiger charge is -2.25. The third-order valence-electron chi connectivity index (χ3n) is 3.06. The van der Waals surface area contributed by atoms with E-state index in [2.05, 4.69) is 26.9 Å². The molecule has 0 bridgehead atoms. The lowest BCUT2D eigenvalue weighted by atomic mass is 9.82. The Hall–Kier alpha value is -0.380. The van der Waals surface area contributed by atoms with Crippen LogP contribution in [0.15, 0.2) is 22.7 Å². The van der Waals surface area contributed by atoms with Gasteiger partial charge in [0.05, 0.1) is 0 Å². The van der Waals surface area contributed by atoms with Gasteiger partial charge < -0.3 is 4.90 Å². The topological polar surface area (TPSA) is 20.3 Å². The summed E-state index contributed by atoms with van der Waals surface area (Å²) < 4.78 is 0.991. The van der Waals surface area contributed by atoms with Crippen LogP contribution in [0.5, 0.6) is 0 Å². The molecule has 2 nitrogen and oxygen atoms in total. The minimum Gasteiger partial charge on any atom is -0.309 e. The molecular weight excluding hydrogens is 302 g/mol. The van der Waals surface area contributed by atoms with Crippen molar-refractivity contribution < 1.29 is 4.79 Å². The molecule has 1 aromatic rings. The molecule has 94 valence electrons. The van der Waals surface area contributed by atoms with E-state index >= 15 is 0 Å². The van der Waals surface area contributed by atoms with E-state index in [4.69, 9.17) is 0 Å². The third kappa shape index (κ3) is 3.30. The first-order valence-corrected chi connectivity index (χ1v) is 6.34. The maximum atomic E-state index is 12.3. The van der Waals surface area contributed by atoms with Gasteiger partial charge in [0.1, 0.15) is 0 Å². The fourth-order valence-electron chi connectivity index (χ4n) is 2.29. The average Bonchev–Trinajstić information content (AvgIpc) is 2.22. The molecule has 0 spiro atoms. The highest BCUT2D eigenvalue weighted by molar-refractivity contribution is 9.10. The Labute approximate surface area is 117 Å². The number of fused-ring (bicyclic) bond motifs is 1. The van der Waals surface area contributed by atoms with Crippen molar-refractivity contribution in [3.63, 3.8) is 0 Å². The fraction of sp³-hybridized carbons (Fsp3) is 0.462. The van der Waals surface area contributed by atoms with Crippen LogP contribution in [-0.2, 0) is 6.42 Å². The van der Waals surface area contributed by atoms with Crippen molar-refractivity contribution >= 4 is 34.1 Å². The van der Waals surface area contributed by atoms with E-state index in [9.17, 15) is 4.79 Å². The number of halogens is 2. The van der Waals surface area contributed by atoms with E-state index in [1.165, 1.54) is 5.56 Å². The van der Waals surface area contributed by atoms with Gasteiger partial charge in [-0.15, -0.1) is 12.4 Å². The molecule has 0 aliphatic heterocycles. The van der Waals surface area contributed by atoms with Crippen LogP contribution in [0, 0.1) is 5.92 Å². The summed E-state index contributed by atoms with van der Waals surface area (Å²) in [5.74, 6) is 0.466. The van der Waals surface area contributed by atoms with Gasteiger partial charge in [-0.1, -0.05) is 22.0 Å². The van der Waals surface area contributed by atoms with Gasteiger partial charge in [0, 0.05) is 22.5 Å². The van der Waals surface area contributed by atoms with Crippen LogP contribution in [0.2, 0.25) is 0 Å². The lowest BCUT2D eigenvalue weighted by Crippen LogP contribution is -2.31. The van der Waals surface area contributed by atoms with Crippen molar-refractivity contribution in [1.82, 2.24) is 4.90 Å².